The fourth-order valence-electron chi connectivity index (χ4n) is 1.47. The van der Waals surface area contributed by atoms with Crippen molar-refractivity contribution < 1.29 is 9.52 Å². The maximum Gasteiger partial charge on any atom is 0.286 e. The third kappa shape index (κ3) is 3.39. The van der Waals surface area contributed by atoms with E-state index in [4.69, 9.17) is 11.6 Å². The summed E-state index contributed by atoms with van der Waals surface area (Å²) in [5, 5.41) is 14.0. The molecule has 0 saturated heterocycles. The van der Waals surface area contributed by atoms with Crippen molar-refractivity contribution in [3.05, 3.63) is 58.5 Å². The Balaban J connectivity index is 2.13. The lowest BCUT2D eigenvalue weighted by atomic mass is 10.2. The number of anilines is 1. The van der Waals surface area contributed by atoms with E-state index in [0.29, 0.717) is 10.4 Å². The molecule has 1 amide bonds. The van der Waals surface area contributed by atoms with Crippen LogP contribution in [0, 0.1) is 5.21 Å². The highest BCUT2D eigenvalue weighted by molar-refractivity contribution is 7.98. The third-order valence-electron chi connectivity index (χ3n) is 2.48. The van der Waals surface area contributed by atoms with Gasteiger partial charge in [-0.1, -0.05) is 0 Å². The fourth-order valence-corrected chi connectivity index (χ4v) is 1.99. The molecule has 0 atom stereocenters. The van der Waals surface area contributed by atoms with E-state index >= 15 is 0 Å². The Bertz CT molecular complexity index is 602. The standard InChI is InChI=1S/C13H11ClN2O2S/c1-19-11-5-3-10(4-6-11)15-13(17)9-2-7-12(14)16(18)8-9/h2-8H,1H3,(H,15,17). The minimum Gasteiger partial charge on any atom is -0.618 e. The van der Waals surface area contributed by atoms with Crippen LogP contribution in [0.3, 0.4) is 0 Å². The molecule has 1 aromatic carbocycles. The summed E-state index contributed by atoms with van der Waals surface area (Å²) in [6.07, 6.45) is 3.13. The van der Waals surface area contributed by atoms with Crippen LogP contribution in [0.25, 0.3) is 0 Å². The SMILES string of the molecule is CSc1ccc(NC(=O)c2ccc(Cl)[n+]([O-])c2)cc1. The lowest BCUT2D eigenvalue weighted by molar-refractivity contribution is -0.603. The molecule has 2 aromatic rings. The molecule has 0 aliphatic rings. The van der Waals surface area contributed by atoms with Gasteiger partial charge in [-0.2, -0.15) is 4.73 Å². The molecule has 0 radical (unpaired) electrons. The maximum absolute atomic E-state index is 11.9. The normalized spacial score (nSPS) is 10.2. The van der Waals surface area contributed by atoms with Crippen LogP contribution in [0.2, 0.25) is 5.15 Å². The quantitative estimate of drug-likeness (QED) is 0.410. The Morgan fingerprint density at radius 3 is 2.53 bits per heavy atom. The summed E-state index contributed by atoms with van der Waals surface area (Å²) in [6, 6.07) is 10.3. The molecule has 1 heterocycles. The van der Waals surface area contributed by atoms with Gasteiger partial charge in [0.1, 0.15) is 5.56 Å². The first-order chi connectivity index (χ1) is 9.10. The molecule has 98 valence electrons. The predicted molar refractivity (Wildman–Crippen MR) is 76.6 cm³/mol. The van der Waals surface area contributed by atoms with E-state index in [1.54, 1.807) is 11.8 Å². The molecule has 0 bridgehead atoms. The highest BCUT2D eigenvalue weighted by atomic mass is 35.5. The molecular weight excluding hydrogens is 284 g/mol. The van der Waals surface area contributed by atoms with Gasteiger partial charge in [0.05, 0.1) is 0 Å². The Kier molecular flexibility index (Phi) is 4.29. The summed E-state index contributed by atoms with van der Waals surface area (Å²) in [7, 11) is 0. The van der Waals surface area contributed by atoms with Crippen molar-refractivity contribution in [2.75, 3.05) is 11.6 Å². The molecule has 0 aliphatic carbocycles. The number of aromatic nitrogens is 1. The second kappa shape index (κ2) is 5.95. The number of amides is 1. The topological polar surface area (TPSA) is 56.0 Å². The molecular formula is C13H11ClN2O2S. The molecule has 0 saturated carbocycles. The second-order valence-electron chi connectivity index (χ2n) is 3.75. The number of carbonyl (C=O) groups excluding carboxylic acids is 1. The van der Waals surface area contributed by atoms with Crippen molar-refractivity contribution in [3.8, 4) is 0 Å². The van der Waals surface area contributed by atoms with Gasteiger partial charge < -0.3 is 10.5 Å². The first-order valence-corrected chi connectivity index (χ1v) is 7.04. The van der Waals surface area contributed by atoms with Crippen LogP contribution in [0.15, 0.2) is 47.5 Å². The summed E-state index contributed by atoms with van der Waals surface area (Å²) in [5.41, 5.74) is 0.934. The van der Waals surface area contributed by atoms with Gasteiger partial charge in [0.15, 0.2) is 6.20 Å². The monoisotopic (exact) mass is 294 g/mol. The summed E-state index contributed by atoms with van der Waals surface area (Å²) < 4.78 is 0.452. The van der Waals surface area contributed by atoms with Crippen molar-refractivity contribution >= 4 is 35.0 Å². The average Bonchev–Trinajstić information content (AvgIpc) is 2.42. The first kappa shape index (κ1) is 13.7. The van der Waals surface area contributed by atoms with E-state index in [-0.39, 0.29) is 16.6 Å². The summed E-state index contributed by atoms with van der Waals surface area (Å²) >= 11 is 7.22. The van der Waals surface area contributed by atoms with E-state index in [2.05, 4.69) is 5.32 Å². The maximum atomic E-state index is 11.9. The smallest absolute Gasteiger partial charge is 0.286 e. The molecule has 0 unspecified atom stereocenters. The number of nitrogens with zero attached hydrogens (tertiary/aromatic N) is 1. The van der Waals surface area contributed by atoms with Crippen LogP contribution >= 0.6 is 23.4 Å². The molecule has 0 aliphatic heterocycles. The number of halogens is 1. The van der Waals surface area contributed by atoms with Crippen molar-refractivity contribution in [2.24, 2.45) is 0 Å². The summed E-state index contributed by atoms with van der Waals surface area (Å²) in [6.45, 7) is 0. The van der Waals surface area contributed by atoms with Crippen molar-refractivity contribution in [2.45, 2.75) is 4.90 Å². The Morgan fingerprint density at radius 1 is 1.26 bits per heavy atom. The molecule has 0 fully saturated rings. The number of benzene rings is 1. The van der Waals surface area contributed by atoms with Gasteiger partial charge in [0.2, 0.25) is 0 Å². The van der Waals surface area contributed by atoms with Crippen LogP contribution in [0.1, 0.15) is 10.4 Å². The lowest BCUT2D eigenvalue weighted by Crippen LogP contribution is -2.29. The van der Waals surface area contributed by atoms with Gasteiger partial charge >= 0.3 is 0 Å². The third-order valence-corrected chi connectivity index (χ3v) is 3.51. The van der Waals surface area contributed by atoms with Crippen LogP contribution in [-0.4, -0.2) is 12.2 Å². The highest BCUT2D eigenvalue weighted by Gasteiger charge is 2.11. The number of carbonyl (C=O) groups is 1. The minimum absolute atomic E-state index is 0.0286. The number of pyridine rings is 1. The van der Waals surface area contributed by atoms with Gasteiger partial charge in [0, 0.05) is 16.6 Å². The number of nitrogens with one attached hydrogen (secondary N) is 1. The van der Waals surface area contributed by atoms with Gasteiger partial charge in [-0.15, -0.1) is 11.8 Å². The molecule has 19 heavy (non-hydrogen) atoms. The number of rotatable bonds is 3. The van der Waals surface area contributed by atoms with Gasteiger partial charge in [-0.05, 0) is 48.2 Å². The summed E-state index contributed by atoms with van der Waals surface area (Å²) in [5.74, 6) is -0.349. The summed E-state index contributed by atoms with van der Waals surface area (Å²) in [4.78, 5) is 13.0. The molecule has 1 aromatic heterocycles. The first-order valence-electron chi connectivity index (χ1n) is 5.44. The van der Waals surface area contributed by atoms with Crippen LogP contribution in [0.4, 0.5) is 5.69 Å². The van der Waals surface area contributed by atoms with Crippen LogP contribution in [-0.2, 0) is 0 Å². The zero-order chi connectivity index (χ0) is 13.8. The van der Waals surface area contributed by atoms with Crippen LogP contribution < -0.4 is 10.0 Å². The van der Waals surface area contributed by atoms with Gasteiger partial charge in [-0.3, -0.25) is 4.79 Å². The number of thioether (sulfide) groups is 1. The highest BCUT2D eigenvalue weighted by Crippen LogP contribution is 2.18. The Hall–Kier alpha value is -1.72. The fraction of sp³-hybridized carbons (Fsp3) is 0.0769. The zero-order valence-corrected chi connectivity index (χ0v) is 11.7. The van der Waals surface area contributed by atoms with Crippen LogP contribution in [0.5, 0.6) is 0 Å². The predicted octanol–water partition coefficient (Wildman–Crippen LogP) is 2.95. The minimum atomic E-state index is -0.349. The van der Waals surface area contributed by atoms with Crippen molar-refractivity contribution in [3.63, 3.8) is 0 Å². The lowest BCUT2D eigenvalue weighted by Gasteiger charge is -2.06. The van der Waals surface area contributed by atoms with Gasteiger partial charge in [-0.25, -0.2) is 0 Å². The van der Waals surface area contributed by atoms with E-state index in [1.165, 1.54) is 12.1 Å². The van der Waals surface area contributed by atoms with Crippen molar-refractivity contribution in [1.29, 1.82) is 0 Å². The van der Waals surface area contributed by atoms with E-state index in [1.807, 2.05) is 30.5 Å². The van der Waals surface area contributed by atoms with Gasteiger partial charge in [0.25, 0.3) is 11.1 Å². The molecule has 6 heteroatoms. The molecule has 4 nitrogen and oxygen atoms in total. The average molecular weight is 295 g/mol. The van der Waals surface area contributed by atoms with Crippen molar-refractivity contribution in [1.82, 2.24) is 0 Å². The Labute approximate surface area is 120 Å². The number of hydrogen-bond donors (Lipinski definition) is 1. The number of hydrogen-bond acceptors (Lipinski definition) is 3. The van der Waals surface area contributed by atoms with E-state index < -0.39 is 0 Å². The molecule has 2 rings (SSSR count). The molecule has 1 N–H and O–H groups in total. The van der Waals surface area contributed by atoms with E-state index in [9.17, 15) is 10.0 Å². The zero-order valence-electron chi connectivity index (χ0n) is 10.1. The largest absolute Gasteiger partial charge is 0.618 e. The molecule has 0 spiro atoms. The second-order valence-corrected chi connectivity index (χ2v) is 5.02. The Morgan fingerprint density at radius 2 is 1.95 bits per heavy atom. The van der Waals surface area contributed by atoms with E-state index in [0.717, 1.165) is 11.1 Å².